The van der Waals surface area contributed by atoms with Crippen molar-refractivity contribution in [3.8, 4) is 0 Å². The van der Waals surface area contributed by atoms with Gasteiger partial charge < -0.3 is 0 Å². The number of hydrogen-bond acceptors (Lipinski definition) is 2. The van der Waals surface area contributed by atoms with Gasteiger partial charge in [0.15, 0.2) is 0 Å². The fourth-order valence-electron chi connectivity index (χ4n) is 5.76. The fourth-order valence-corrected chi connectivity index (χ4v) is 5.76. The van der Waals surface area contributed by atoms with E-state index in [-0.39, 0.29) is 11.8 Å². The lowest BCUT2D eigenvalue weighted by atomic mass is 9.48. The summed E-state index contributed by atoms with van der Waals surface area (Å²) in [5.41, 5.74) is 3.83. The summed E-state index contributed by atoms with van der Waals surface area (Å²) in [5, 5.41) is 0. The Kier molecular flexibility index (Phi) is 2.51. The molecule has 2 amide bonds. The lowest BCUT2D eigenvalue weighted by Crippen LogP contribution is -2.52. The Balaban J connectivity index is 1.96. The quantitative estimate of drug-likeness (QED) is 0.631. The number of carbonyl (C=O) groups excluding carboxylic acids is 2. The second-order valence-electron chi connectivity index (χ2n) is 7.49. The van der Waals surface area contributed by atoms with E-state index in [0.717, 1.165) is 33.4 Å². The molecule has 0 spiro atoms. The molecule has 0 saturated carbocycles. The van der Waals surface area contributed by atoms with Crippen molar-refractivity contribution in [2.75, 3.05) is 6.54 Å². The molecule has 27 heavy (non-hydrogen) atoms. The smallest absolute Gasteiger partial charge is 0.248 e. The van der Waals surface area contributed by atoms with Crippen LogP contribution >= 0.6 is 0 Å². The van der Waals surface area contributed by atoms with Gasteiger partial charge in [0, 0.05) is 6.54 Å². The Morgan fingerprint density at radius 2 is 0.852 bits per heavy atom. The predicted molar refractivity (Wildman–Crippen MR) is 101 cm³/mol. The summed E-state index contributed by atoms with van der Waals surface area (Å²) in [6, 6.07) is 24.0. The highest BCUT2D eigenvalue weighted by Gasteiger charge is 2.69. The molecule has 0 radical (unpaired) electrons. The topological polar surface area (TPSA) is 37.4 Å². The van der Waals surface area contributed by atoms with Crippen LogP contribution in [0.15, 0.2) is 72.8 Å². The van der Waals surface area contributed by atoms with Gasteiger partial charge in [0.1, 0.15) is 10.8 Å². The van der Waals surface area contributed by atoms with E-state index in [0.29, 0.717) is 6.54 Å². The highest BCUT2D eigenvalue weighted by molar-refractivity contribution is 6.18. The number of rotatable bonds is 1. The Bertz CT molecular complexity index is 969. The zero-order valence-electron chi connectivity index (χ0n) is 14.9. The highest BCUT2D eigenvalue weighted by atomic mass is 16.2. The van der Waals surface area contributed by atoms with Crippen molar-refractivity contribution in [2.45, 2.75) is 17.8 Å². The van der Waals surface area contributed by atoms with Crippen LogP contribution in [0.25, 0.3) is 0 Å². The van der Waals surface area contributed by atoms with Gasteiger partial charge in [-0.2, -0.15) is 0 Å². The Labute approximate surface area is 157 Å². The normalized spacial score (nSPS) is 26.5. The van der Waals surface area contributed by atoms with Crippen LogP contribution in [0.1, 0.15) is 40.3 Å². The van der Waals surface area contributed by atoms with E-state index in [1.807, 2.05) is 79.7 Å². The molecular weight excluding hydrogens is 334 g/mol. The molecule has 0 fully saturated rings. The van der Waals surface area contributed by atoms with Crippen molar-refractivity contribution in [1.82, 2.24) is 4.90 Å². The number of hydrogen-bond donors (Lipinski definition) is 0. The maximum atomic E-state index is 14.0. The Morgan fingerprint density at radius 1 is 0.593 bits per heavy atom. The summed E-state index contributed by atoms with van der Waals surface area (Å²) in [6.07, 6.45) is 0. The summed E-state index contributed by atoms with van der Waals surface area (Å²) in [5.74, 6) is -0.251. The van der Waals surface area contributed by atoms with E-state index < -0.39 is 10.8 Å². The molecule has 3 heteroatoms. The zero-order chi connectivity index (χ0) is 18.4. The van der Waals surface area contributed by atoms with Gasteiger partial charge in [-0.15, -0.1) is 0 Å². The first-order chi connectivity index (χ1) is 13.2. The molecule has 3 nitrogen and oxygen atoms in total. The first-order valence-electron chi connectivity index (χ1n) is 9.36. The van der Waals surface area contributed by atoms with E-state index in [4.69, 9.17) is 0 Å². The molecule has 0 aromatic heterocycles. The molecule has 3 aromatic rings. The zero-order valence-corrected chi connectivity index (χ0v) is 14.9. The first kappa shape index (κ1) is 14.9. The van der Waals surface area contributed by atoms with Crippen molar-refractivity contribution in [3.05, 3.63) is 106 Å². The lowest BCUT2D eigenvalue weighted by Gasteiger charge is -2.50. The molecule has 0 atom stereocenters. The standard InChI is InChI=1S/C24H17NO2/c1-2-25-21(26)23-15-9-3-4-10-16(15)24(22(25)27,19-13-7-5-11-17(19)23)20-14-8-6-12-18(20)23/h3-14H,2H2,1H3. The van der Waals surface area contributed by atoms with Gasteiger partial charge in [-0.1, -0.05) is 72.8 Å². The van der Waals surface area contributed by atoms with E-state index in [1.165, 1.54) is 4.90 Å². The number of imide groups is 1. The molecule has 130 valence electrons. The van der Waals surface area contributed by atoms with Crippen LogP contribution < -0.4 is 0 Å². The molecule has 0 N–H and O–H groups in total. The highest BCUT2D eigenvalue weighted by Crippen LogP contribution is 2.65. The second kappa shape index (κ2) is 4.55. The van der Waals surface area contributed by atoms with Crippen molar-refractivity contribution in [2.24, 2.45) is 0 Å². The molecule has 6 aliphatic rings. The van der Waals surface area contributed by atoms with Crippen molar-refractivity contribution in [1.29, 1.82) is 0 Å². The van der Waals surface area contributed by atoms with Crippen molar-refractivity contribution < 1.29 is 9.59 Å². The van der Waals surface area contributed by atoms with Crippen molar-refractivity contribution in [3.63, 3.8) is 0 Å². The molecule has 3 aromatic carbocycles. The minimum Gasteiger partial charge on any atom is -0.280 e. The Hall–Kier alpha value is -3.20. The fraction of sp³-hybridized carbons (Fsp3) is 0.167. The van der Waals surface area contributed by atoms with Crippen LogP contribution in [0.2, 0.25) is 0 Å². The summed E-state index contributed by atoms with van der Waals surface area (Å²) in [4.78, 5) is 29.5. The third kappa shape index (κ3) is 1.28. The molecule has 0 unspecified atom stereocenters. The largest absolute Gasteiger partial charge is 0.280 e. The lowest BCUT2D eigenvalue weighted by molar-refractivity contribution is -0.146. The van der Waals surface area contributed by atoms with Crippen molar-refractivity contribution >= 4 is 11.8 Å². The van der Waals surface area contributed by atoms with Crippen LogP contribution in [-0.4, -0.2) is 23.3 Å². The molecular formula is C24H17NO2. The average molecular weight is 351 g/mol. The van der Waals surface area contributed by atoms with Crippen LogP contribution in [0, 0.1) is 0 Å². The maximum absolute atomic E-state index is 14.0. The Morgan fingerprint density at radius 3 is 1.07 bits per heavy atom. The van der Waals surface area contributed by atoms with Gasteiger partial charge >= 0.3 is 0 Å². The minimum atomic E-state index is -0.951. The van der Waals surface area contributed by atoms with Gasteiger partial charge in [-0.3, -0.25) is 14.5 Å². The van der Waals surface area contributed by atoms with Gasteiger partial charge in [0.25, 0.3) is 0 Å². The number of likely N-dealkylation sites (N-methyl/N-ethyl adjacent to an activating group) is 1. The average Bonchev–Trinajstić information content (AvgIpc) is 2.88. The summed E-state index contributed by atoms with van der Waals surface area (Å²) in [7, 11) is 0. The van der Waals surface area contributed by atoms with Gasteiger partial charge in [0.05, 0.1) is 0 Å². The summed E-state index contributed by atoms with van der Waals surface area (Å²) >= 11 is 0. The molecule has 9 rings (SSSR count). The summed E-state index contributed by atoms with van der Waals surface area (Å²) in [6.45, 7) is 2.25. The molecule has 3 heterocycles. The van der Waals surface area contributed by atoms with E-state index >= 15 is 0 Å². The van der Waals surface area contributed by atoms with Crippen LogP contribution in [0.3, 0.4) is 0 Å². The van der Waals surface area contributed by atoms with Crippen LogP contribution in [0.4, 0.5) is 0 Å². The van der Waals surface area contributed by atoms with Crippen LogP contribution in [0.5, 0.6) is 0 Å². The van der Waals surface area contributed by atoms with E-state index in [1.54, 1.807) is 0 Å². The number of benzene rings is 3. The third-order valence-electron chi connectivity index (χ3n) is 6.65. The SMILES string of the molecule is CCN1C(=O)C23c4ccccc4C(C1=O)(c1ccccc12)c1ccccc13. The second-order valence-corrected chi connectivity index (χ2v) is 7.49. The first-order valence-corrected chi connectivity index (χ1v) is 9.36. The maximum Gasteiger partial charge on any atom is 0.248 e. The third-order valence-corrected chi connectivity index (χ3v) is 6.65. The van der Waals surface area contributed by atoms with Gasteiger partial charge in [-0.25, -0.2) is 0 Å². The summed E-state index contributed by atoms with van der Waals surface area (Å²) < 4.78 is 0. The number of carbonyl (C=O) groups is 2. The van der Waals surface area contributed by atoms with E-state index in [2.05, 4.69) is 0 Å². The minimum absolute atomic E-state index is 0.126. The predicted octanol–water partition coefficient (Wildman–Crippen LogP) is 3.37. The number of amides is 2. The van der Waals surface area contributed by atoms with Gasteiger partial charge in [0.2, 0.25) is 11.8 Å². The monoisotopic (exact) mass is 351 g/mol. The molecule has 0 saturated heterocycles. The van der Waals surface area contributed by atoms with Gasteiger partial charge in [-0.05, 0) is 40.3 Å². The molecule has 2 bridgehead atoms. The van der Waals surface area contributed by atoms with Crippen LogP contribution in [-0.2, 0) is 20.4 Å². The molecule has 3 aliphatic heterocycles. The number of nitrogens with zero attached hydrogens (tertiary/aromatic N) is 1. The molecule has 3 aliphatic carbocycles. The van der Waals surface area contributed by atoms with E-state index in [9.17, 15) is 9.59 Å².